The predicted molar refractivity (Wildman–Crippen MR) is 99.8 cm³/mol. The summed E-state index contributed by atoms with van der Waals surface area (Å²) in [6, 6.07) is 6.48. The maximum atomic E-state index is 13.3. The van der Waals surface area contributed by atoms with Gasteiger partial charge in [0.15, 0.2) is 5.78 Å². The molecule has 27 heavy (non-hydrogen) atoms. The van der Waals surface area contributed by atoms with Crippen LogP contribution in [0.1, 0.15) is 38.7 Å². The zero-order valence-electron chi connectivity index (χ0n) is 15.5. The minimum Gasteiger partial charge on any atom is -0.310 e. The van der Waals surface area contributed by atoms with Crippen LogP contribution in [0.15, 0.2) is 29.2 Å². The number of hydrogen-bond donors (Lipinski definition) is 1. The second kappa shape index (κ2) is 9.11. The molecule has 2 rings (SSSR count). The largest absolute Gasteiger partial charge is 0.310 e. The number of nitrogens with one attached hydrogen (secondary N) is 1. The lowest BCUT2D eigenvalue weighted by Gasteiger charge is -2.29. The third-order valence-electron chi connectivity index (χ3n) is 4.31. The number of nitrogens with zero attached hydrogens (tertiary/aromatic N) is 2. The van der Waals surface area contributed by atoms with E-state index < -0.39 is 22.0 Å². The van der Waals surface area contributed by atoms with Crippen LogP contribution in [-0.4, -0.2) is 43.5 Å². The van der Waals surface area contributed by atoms with Crippen molar-refractivity contribution < 1.29 is 18.0 Å². The molecule has 1 fully saturated rings. The van der Waals surface area contributed by atoms with E-state index in [0.717, 1.165) is 0 Å². The van der Waals surface area contributed by atoms with Crippen LogP contribution in [0.4, 0.5) is 0 Å². The lowest BCUT2D eigenvalue weighted by Crippen LogP contribution is -2.49. The van der Waals surface area contributed by atoms with Gasteiger partial charge in [-0.3, -0.25) is 9.59 Å². The Labute approximate surface area is 160 Å². The molecule has 1 N–H and O–H groups in total. The van der Waals surface area contributed by atoms with E-state index in [-0.39, 0.29) is 35.1 Å². The van der Waals surface area contributed by atoms with Crippen LogP contribution >= 0.6 is 0 Å². The van der Waals surface area contributed by atoms with Gasteiger partial charge in [-0.2, -0.15) is 5.26 Å². The number of ketones is 1. The van der Waals surface area contributed by atoms with Crippen molar-refractivity contribution in [3.05, 3.63) is 36.2 Å². The maximum absolute atomic E-state index is 13.3. The van der Waals surface area contributed by atoms with Crippen LogP contribution in [0.2, 0.25) is 0 Å². The fourth-order valence-corrected chi connectivity index (χ4v) is 4.64. The van der Waals surface area contributed by atoms with Gasteiger partial charge >= 0.3 is 0 Å². The van der Waals surface area contributed by atoms with Gasteiger partial charge in [0.05, 0.1) is 18.5 Å². The zero-order valence-corrected chi connectivity index (χ0v) is 16.3. The van der Waals surface area contributed by atoms with E-state index in [4.69, 9.17) is 0 Å². The summed E-state index contributed by atoms with van der Waals surface area (Å²) < 4.78 is 27.3. The highest BCUT2D eigenvalue weighted by molar-refractivity contribution is 7.89. The monoisotopic (exact) mass is 390 g/mol. The second-order valence-corrected chi connectivity index (χ2v) is 8.67. The van der Waals surface area contributed by atoms with E-state index in [2.05, 4.69) is 5.32 Å². The van der Waals surface area contributed by atoms with E-state index in [1.807, 2.05) is 19.9 Å². The van der Waals surface area contributed by atoms with Gasteiger partial charge in [-0.1, -0.05) is 26.0 Å². The zero-order chi connectivity index (χ0) is 20.0. The van der Waals surface area contributed by atoms with Crippen molar-refractivity contribution in [3.63, 3.8) is 0 Å². The Hall–Kier alpha value is -2.24. The molecule has 8 heteroatoms. The van der Waals surface area contributed by atoms with E-state index in [0.29, 0.717) is 23.7 Å². The molecule has 1 aromatic carbocycles. The smallest absolute Gasteiger partial charge is 0.268 e. The molecule has 1 saturated heterocycles. The molecule has 1 aromatic rings. The van der Waals surface area contributed by atoms with E-state index in [9.17, 15) is 23.3 Å². The second-order valence-electron chi connectivity index (χ2n) is 6.88. The highest BCUT2D eigenvalue weighted by Gasteiger charge is 2.40. The number of hydrogen-bond acceptors (Lipinski definition) is 6. The molecule has 1 aliphatic heterocycles. The number of Topliss-reactive ketones (excluding diaryl/α,β-unsaturated/α-hetero) is 1. The van der Waals surface area contributed by atoms with Gasteiger partial charge in [-0.15, -0.1) is 0 Å². The molecule has 1 radical (unpaired) electrons. The van der Waals surface area contributed by atoms with Crippen LogP contribution in [0, 0.1) is 23.7 Å². The Morgan fingerprint density at radius 3 is 2.78 bits per heavy atom. The number of carbonyl (C=O) groups excluding carboxylic acids is 2. The van der Waals surface area contributed by atoms with Gasteiger partial charge < -0.3 is 5.32 Å². The van der Waals surface area contributed by atoms with Gasteiger partial charge in [0, 0.05) is 0 Å². The first-order chi connectivity index (χ1) is 12.8. The quantitative estimate of drug-likeness (QED) is 0.791. The molecule has 0 saturated carbocycles. The van der Waals surface area contributed by atoms with E-state index >= 15 is 0 Å². The summed E-state index contributed by atoms with van der Waals surface area (Å²) in [4.78, 5) is 25.1. The van der Waals surface area contributed by atoms with Crippen molar-refractivity contribution in [1.82, 2.24) is 9.62 Å². The molecular weight excluding hydrogens is 366 g/mol. The third-order valence-corrected chi connectivity index (χ3v) is 6.17. The summed E-state index contributed by atoms with van der Waals surface area (Å²) in [7, 11) is -4.36. The molecule has 0 bridgehead atoms. The van der Waals surface area contributed by atoms with Crippen LogP contribution in [0.25, 0.3) is 0 Å². The molecule has 1 heterocycles. The average Bonchev–Trinajstić information content (AvgIpc) is 2.84. The first-order valence-corrected chi connectivity index (χ1v) is 10.4. The predicted octanol–water partition coefficient (Wildman–Crippen LogP) is 1.65. The molecule has 1 atom stereocenters. The summed E-state index contributed by atoms with van der Waals surface area (Å²) in [5.74, 6) is -0.912. The number of carbonyl (C=O) groups is 2. The first-order valence-electron chi connectivity index (χ1n) is 8.93. The summed E-state index contributed by atoms with van der Waals surface area (Å²) in [5.41, 5.74) is -0.0571. The van der Waals surface area contributed by atoms with E-state index in [1.165, 1.54) is 24.6 Å². The normalized spacial score (nSPS) is 18.0. The van der Waals surface area contributed by atoms with Crippen molar-refractivity contribution in [3.8, 4) is 6.07 Å². The summed E-state index contributed by atoms with van der Waals surface area (Å²) in [5, 5.41) is 12.2. The van der Waals surface area contributed by atoms with Crippen LogP contribution in [-0.2, 0) is 19.6 Å². The summed E-state index contributed by atoms with van der Waals surface area (Å²) in [6.07, 6.45) is 2.52. The number of nitriles is 1. The standard InChI is InChI=1S/C19H24N3O4S/c1-14(2)9-10-19(24)22(16-7-5-11-21-13-17(16)23)27(25,26)18-8-4-3-6-15(18)12-20/h3-4,6,8,10,14,16,21H,5,7,9,11,13H2,1-2H3/t16-/m0/s1. The highest BCUT2D eigenvalue weighted by Crippen LogP contribution is 2.26. The Kier molecular flexibility index (Phi) is 7.11. The van der Waals surface area contributed by atoms with Gasteiger partial charge in [-0.25, -0.2) is 12.7 Å². The Morgan fingerprint density at radius 2 is 2.11 bits per heavy atom. The highest BCUT2D eigenvalue weighted by atomic mass is 32.2. The van der Waals surface area contributed by atoms with E-state index in [1.54, 1.807) is 6.07 Å². The molecule has 1 amide bonds. The fraction of sp³-hybridized carbons (Fsp3) is 0.474. The third kappa shape index (κ3) is 4.93. The van der Waals surface area contributed by atoms with Gasteiger partial charge in [-0.05, 0) is 43.9 Å². The molecule has 0 unspecified atom stereocenters. The topological polar surface area (TPSA) is 107 Å². The van der Waals surface area contributed by atoms with Gasteiger partial charge in [0.2, 0.25) is 5.91 Å². The minimum atomic E-state index is -4.36. The molecule has 0 aromatic heterocycles. The molecule has 7 nitrogen and oxygen atoms in total. The Bertz CT molecular complexity index is 843. The van der Waals surface area contributed by atoms with Crippen LogP contribution < -0.4 is 5.32 Å². The number of rotatable bonds is 6. The number of benzene rings is 1. The summed E-state index contributed by atoms with van der Waals surface area (Å²) in [6.45, 7) is 4.41. The molecular formula is C19H24N3O4S. The van der Waals surface area contributed by atoms with Crippen molar-refractivity contribution in [2.45, 2.75) is 44.0 Å². The van der Waals surface area contributed by atoms with Crippen molar-refractivity contribution in [2.24, 2.45) is 5.92 Å². The molecule has 145 valence electrons. The molecule has 1 aliphatic rings. The summed E-state index contributed by atoms with van der Waals surface area (Å²) >= 11 is 0. The molecule has 0 spiro atoms. The van der Waals surface area contributed by atoms with Gasteiger partial charge in [0.25, 0.3) is 10.0 Å². The maximum Gasteiger partial charge on any atom is 0.268 e. The minimum absolute atomic E-state index is 0.00798. The Balaban J connectivity index is 2.52. The van der Waals surface area contributed by atoms with Crippen molar-refractivity contribution in [2.75, 3.05) is 13.1 Å². The number of amides is 1. The van der Waals surface area contributed by atoms with Crippen LogP contribution in [0.5, 0.6) is 0 Å². The number of sulfonamides is 1. The first kappa shape index (κ1) is 21.1. The average molecular weight is 390 g/mol. The Morgan fingerprint density at radius 1 is 1.41 bits per heavy atom. The lowest BCUT2D eigenvalue weighted by atomic mass is 10.1. The lowest BCUT2D eigenvalue weighted by molar-refractivity contribution is -0.131. The van der Waals surface area contributed by atoms with Crippen molar-refractivity contribution >= 4 is 21.7 Å². The molecule has 0 aliphatic carbocycles. The van der Waals surface area contributed by atoms with Crippen LogP contribution in [0.3, 0.4) is 0 Å². The fourth-order valence-electron chi connectivity index (χ4n) is 2.91. The van der Waals surface area contributed by atoms with Crippen molar-refractivity contribution in [1.29, 1.82) is 5.26 Å². The SMILES string of the molecule is CC(C)C[CH]C(=O)N([C@H]1CCCNCC1=O)S(=O)(=O)c1ccccc1C#N. The van der Waals surface area contributed by atoms with Gasteiger partial charge in [0.1, 0.15) is 17.0 Å².